The molecule has 28 heavy (non-hydrogen) atoms. The minimum Gasteiger partial charge on any atom is -0.396 e. The van der Waals surface area contributed by atoms with Gasteiger partial charge < -0.3 is 10.0 Å². The molecule has 1 aromatic rings. The number of anilines is 1. The number of sulfonamides is 1. The van der Waals surface area contributed by atoms with Crippen molar-refractivity contribution in [2.45, 2.75) is 38.0 Å². The van der Waals surface area contributed by atoms with E-state index in [0.29, 0.717) is 31.9 Å². The quantitative estimate of drug-likeness (QED) is 0.590. The Bertz CT molecular complexity index is 819. The maximum absolute atomic E-state index is 13.1. The van der Waals surface area contributed by atoms with E-state index in [4.69, 9.17) is 0 Å². The third-order valence-corrected chi connectivity index (χ3v) is 7.56. The topological polar surface area (TPSA) is 104 Å². The fourth-order valence-electron chi connectivity index (χ4n) is 4.46. The number of aliphatic hydroxyl groups is 1. The summed E-state index contributed by atoms with van der Waals surface area (Å²) in [7, 11) is -3.78. The summed E-state index contributed by atoms with van der Waals surface area (Å²) in [5, 5.41) is 21.1. The molecule has 0 aliphatic carbocycles. The molecule has 3 atom stereocenters. The highest BCUT2D eigenvalue weighted by atomic mass is 32.2. The summed E-state index contributed by atoms with van der Waals surface area (Å²) in [6.45, 7) is 6.16. The summed E-state index contributed by atoms with van der Waals surface area (Å²) in [6.07, 6.45) is 2.71. The van der Waals surface area contributed by atoms with Crippen LogP contribution in [-0.4, -0.2) is 55.5 Å². The van der Waals surface area contributed by atoms with Gasteiger partial charge in [0.15, 0.2) is 0 Å². The average molecular weight is 412 g/mol. The lowest BCUT2D eigenvalue weighted by Crippen LogP contribution is -2.42. The van der Waals surface area contributed by atoms with Gasteiger partial charge in [-0.05, 0) is 49.1 Å². The van der Waals surface area contributed by atoms with Crippen LogP contribution in [0, 0.1) is 27.9 Å². The monoisotopic (exact) mass is 411 g/mol. The number of hydrogen-bond acceptors (Lipinski definition) is 6. The van der Waals surface area contributed by atoms with Crippen molar-refractivity contribution in [3.63, 3.8) is 0 Å². The van der Waals surface area contributed by atoms with Gasteiger partial charge in [0.25, 0.3) is 5.69 Å². The second kappa shape index (κ2) is 8.34. The van der Waals surface area contributed by atoms with Gasteiger partial charge in [-0.1, -0.05) is 13.8 Å². The predicted octanol–water partition coefficient (Wildman–Crippen LogP) is 2.47. The van der Waals surface area contributed by atoms with E-state index >= 15 is 0 Å². The molecule has 1 N–H and O–H groups in total. The fourth-order valence-corrected chi connectivity index (χ4v) is 6.16. The van der Waals surface area contributed by atoms with Gasteiger partial charge in [0.2, 0.25) is 10.0 Å². The summed E-state index contributed by atoms with van der Waals surface area (Å²) in [5.74, 6) is 0.598. The zero-order valence-corrected chi connectivity index (χ0v) is 17.3. The van der Waals surface area contributed by atoms with Crippen molar-refractivity contribution in [2.75, 3.05) is 37.7 Å². The highest BCUT2D eigenvalue weighted by Crippen LogP contribution is 2.35. The van der Waals surface area contributed by atoms with E-state index in [1.807, 2.05) is 18.7 Å². The Hall–Kier alpha value is -1.71. The van der Waals surface area contributed by atoms with Crippen molar-refractivity contribution in [2.24, 2.45) is 17.8 Å². The molecule has 9 heteroatoms. The number of nitro groups is 1. The zero-order valence-electron chi connectivity index (χ0n) is 16.5. The van der Waals surface area contributed by atoms with E-state index in [-0.39, 0.29) is 34.9 Å². The first-order valence-electron chi connectivity index (χ1n) is 9.86. The Labute approximate surface area is 166 Å². The summed E-state index contributed by atoms with van der Waals surface area (Å²) in [6, 6.07) is 4.21. The summed E-state index contributed by atoms with van der Waals surface area (Å²) >= 11 is 0. The van der Waals surface area contributed by atoms with Crippen LogP contribution in [0.25, 0.3) is 0 Å². The Morgan fingerprint density at radius 2 is 1.89 bits per heavy atom. The molecule has 0 radical (unpaired) electrons. The molecule has 1 aromatic carbocycles. The van der Waals surface area contributed by atoms with Gasteiger partial charge >= 0.3 is 0 Å². The molecule has 2 heterocycles. The number of nitrogens with zero attached hydrogens (tertiary/aromatic N) is 3. The van der Waals surface area contributed by atoms with Crippen molar-refractivity contribution in [3.8, 4) is 0 Å². The Kier molecular flexibility index (Phi) is 6.26. The first-order chi connectivity index (χ1) is 13.2. The highest BCUT2D eigenvalue weighted by Gasteiger charge is 2.34. The van der Waals surface area contributed by atoms with Crippen molar-refractivity contribution in [1.82, 2.24) is 4.31 Å². The highest BCUT2D eigenvalue weighted by molar-refractivity contribution is 7.89. The molecule has 0 amide bonds. The van der Waals surface area contributed by atoms with Gasteiger partial charge in [0, 0.05) is 38.9 Å². The number of nitro benzene ring substituents is 1. The van der Waals surface area contributed by atoms with Crippen LogP contribution in [-0.2, 0) is 10.0 Å². The molecule has 2 aliphatic heterocycles. The molecule has 0 saturated carbocycles. The van der Waals surface area contributed by atoms with Crippen molar-refractivity contribution in [3.05, 3.63) is 28.3 Å². The van der Waals surface area contributed by atoms with Crippen LogP contribution < -0.4 is 4.90 Å². The lowest BCUT2D eigenvalue weighted by atomic mass is 9.94. The molecule has 2 aliphatic rings. The molecular formula is C19H29N3O5S. The van der Waals surface area contributed by atoms with E-state index in [1.165, 1.54) is 16.4 Å². The standard InChI is InChI=1S/C19H29N3O5S/c1-14-8-15(2)11-21(10-14)28(26,27)17-5-6-18(19(9-17)22(24)25)20-7-3-4-16(12-20)13-23/h5-6,9,14-16,23H,3-4,7-8,10-13H2,1-2H3/t14-,15+,16-/m0/s1. The van der Waals surface area contributed by atoms with E-state index in [1.54, 1.807) is 6.07 Å². The first kappa shape index (κ1) is 21.0. The second-order valence-corrected chi connectivity index (χ2v) is 10.3. The molecule has 0 bridgehead atoms. The van der Waals surface area contributed by atoms with Gasteiger partial charge in [-0.15, -0.1) is 0 Å². The van der Waals surface area contributed by atoms with Crippen molar-refractivity contribution < 1.29 is 18.4 Å². The third-order valence-electron chi connectivity index (χ3n) is 5.73. The van der Waals surface area contributed by atoms with Gasteiger partial charge in [-0.3, -0.25) is 10.1 Å². The summed E-state index contributed by atoms with van der Waals surface area (Å²) in [4.78, 5) is 13.0. The normalized spacial score (nSPS) is 27.0. The molecule has 0 spiro atoms. The molecule has 2 fully saturated rings. The fraction of sp³-hybridized carbons (Fsp3) is 0.684. The van der Waals surface area contributed by atoms with Crippen LogP contribution in [0.15, 0.2) is 23.1 Å². The third kappa shape index (κ3) is 4.31. The van der Waals surface area contributed by atoms with Crippen molar-refractivity contribution in [1.29, 1.82) is 0 Å². The van der Waals surface area contributed by atoms with E-state index in [2.05, 4.69) is 0 Å². The van der Waals surface area contributed by atoms with Crippen LogP contribution in [0.4, 0.5) is 11.4 Å². The molecule has 0 aromatic heterocycles. The minimum absolute atomic E-state index is 0.0278. The van der Waals surface area contributed by atoms with Gasteiger partial charge in [-0.25, -0.2) is 8.42 Å². The lowest BCUT2D eigenvalue weighted by Gasteiger charge is -2.34. The van der Waals surface area contributed by atoms with Crippen LogP contribution >= 0.6 is 0 Å². The largest absolute Gasteiger partial charge is 0.396 e. The Morgan fingerprint density at radius 3 is 2.50 bits per heavy atom. The number of benzene rings is 1. The van der Waals surface area contributed by atoms with Gasteiger partial charge in [-0.2, -0.15) is 4.31 Å². The average Bonchev–Trinajstić information content (AvgIpc) is 2.66. The van der Waals surface area contributed by atoms with Gasteiger partial charge in [0.1, 0.15) is 5.69 Å². The Morgan fingerprint density at radius 1 is 1.21 bits per heavy atom. The molecule has 156 valence electrons. The van der Waals surface area contributed by atoms with Crippen LogP contribution in [0.1, 0.15) is 33.1 Å². The Balaban J connectivity index is 1.93. The first-order valence-corrected chi connectivity index (χ1v) is 11.3. The van der Waals surface area contributed by atoms with Crippen LogP contribution in [0.3, 0.4) is 0 Å². The minimum atomic E-state index is -3.78. The molecule has 3 rings (SSSR count). The zero-order chi connectivity index (χ0) is 20.5. The predicted molar refractivity (Wildman–Crippen MR) is 107 cm³/mol. The number of aliphatic hydroxyl groups excluding tert-OH is 1. The second-order valence-electron chi connectivity index (χ2n) is 8.31. The van der Waals surface area contributed by atoms with Crippen LogP contribution in [0.2, 0.25) is 0 Å². The van der Waals surface area contributed by atoms with E-state index < -0.39 is 14.9 Å². The molecular weight excluding hydrogens is 382 g/mol. The molecule has 2 saturated heterocycles. The maximum atomic E-state index is 13.1. The van der Waals surface area contributed by atoms with Crippen LogP contribution in [0.5, 0.6) is 0 Å². The lowest BCUT2D eigenvalue weighted by molar-refractivity contribution is -0.384. The summed E-state index contributed by atoms with van der Waals surface area (Å²) < 4.78 is 27.6. The number of hydrogen-bond donors (Lipinski definition) is 1. The number of rotatable bonds is 5. The van der Waals surface area contributed by atoms with Gasteiger partial charge in [0.05, 0.1) is 9.82 Å². The van der Waals surface area contributed by atoms with E-state index in [9.17, 15) is 23.6 Å². The maximum Gasteiger partial charge on any atom is 0.293 e. The molecule has 0 unspecified atom stereocenters. The molecule has 8 nitrogen and oxygen atoms in total. The van der Waals surface area contributed by atoms with Crippen molar-refractivity contribution >= 4 is 21.4 Å². The SMILES string of the molecule is C[C@@H]1C[C@H](C)CN(S(=O)(=O)c2ccc(N3CCC[C@H](CO)C3)c([N+](=O)[O-])c2)C1. The summed E-state index contributed by atoms with van der Waals surface area (Å²) in [5.41, 5.74) is 0.222. The van der Waals surface area contributed by atoms with E-state index in [0.717, 1.165) is 19.3 Å². The number of piperidine rings is 2. The smallest absolute Gasteiger partial charge is 0.293 e.